The average Bonchev–Trinajstić information content (AvgIpc) is 2.78. The Kier molecular flexibility index (Phi) is 3.84. The highest BCUT2D eigenvalue weighted by Gasteiger charge is 2.33. The molecule has 1 atom stereocenters. The maximum atomic E-state index is 13.7. The van der Waals surface area contributed by atoms with Crippen molar-refractivity contribution in [3.63, 3.8) is 0 Å². The first-order valence-electron chi connectivity index (χ1n) is 6.30. The number of aromatic carboxylic acids is 1. The number of halogens is 1. The van der Waals surface area contributed by atoms with E-state index in [9.17, 15) is 17.6 Å². The van der Waals surface area contributed by atoms with Crippen LogP contribution in [0.25, 0.3) is 0 Å². The molecule has 1 fully saturated rings. The van der Waals surface area contributed by atoms with Gasteiger partial charge in [-0.2, -0.15) is 4.31 Å². The average molecular weight is 301 g/mol. The minimum absolute atomic E-state index is 0.00956. The third-order valence-electron chi connectivity index (χ3n) is 3.56. The van der Waals surface area contributed by atoms with Gasteiger partial charge < -0.3 is 5.11 Å². The number of sulfonamides is 1. The fourth-order valence-corrected chi connectivity index (χ4v) is 4.25. The summed E-state index contributed by atoms with van der Waals surface area (Å²) in [6.07, 6.45) is 1.54. The van der Waals surface area contributed by atoms with E-state index in [1.165, 1.54) is 17.3 Å². The minimum Gasteiger partial charge on any atom is -0.478 e. The summed E-state index contributed by atoms with van der Waals surface area (Å²) in [6.45, 7) is 3.57. The summed E-state index contributed by atoms with van der Waals surface area (Å²) in [6, 6.07) is 1.95. The van der Waals surface area contributed by atoms with Crippen LogP contribution in [0.4, 0.5) is 4.39 Å². The van der Waals surface area contributed by atoms with Gasteiger partial charge in [0, 0.05) is 12.6 Å². The molecule has 1 heterocycles. The molecule has 0 saturated carbocycles. The Morgan fingerprint density at radius 3 is 2.60 bits per heavy atom. The summed E-state index contributed by atoms with van der Waals surface area (Å²) in [5, 5.41) is 8.95. The van der Waals surface area contributed by atoms with Gasteiger partial charge in [-0.1, -0.05) is 0 Å². The molecule has 110 valence electrons. The standard InChI is InChI=1S/C13H16FNO4S/c1-8-6-10(7-11(12(8)14)13(16)17)20(18,19)15-5-3-4-9(15)2/h6-7,9H,3-5H2,1-2H3,(H,16,17). The molecule has 1 N–H and O–H groups in total. The van der Waals surface area contributed by atoms with Crippen LogP contribution in [0.1, 0.15) is 35.7 Å². The number of hydrogen-bond donors (Lipinski definition) is 1. The molecule has 0 bridgehead atoms. The van der Waals surface area contributed by atoms with E-state index < -0.39 is 27.4 Å². The number of carboxylic acid groups (broad SMARTS) is 1. The van der Waals surface area contributed by atoms with Crippen LogP contribution in [-0.4, -0.2) is 36.4 Å². The van der Waals surface area contributed by atoms with Crippen molar-refractivity contribution in [2.24, 2.45) is 0 Å². The lowest BCUT2D eigenvalue weighted by Crippen LogP contribution is -2.33. The largest absolute Gasteiger partial charge is 0.478 e. The molecule has 5 nitrogen and oxygen atoms in total. The number of carbonyl (C=O) groups is 1. The van der Waals surface area contributed by atoms with Crippen LogP contribution in [0.5, 0.6) is 0 Å². The van der Waals surface area contributed by atoms with Gasteiger partial charge in [-0.15, -0.1) is 0 Å². The molecule has 0 spiro atoms. The van der Waals surface area contributed by atoms with E-state index in [0.717, 1.165) is 18.9 Å². The fraction of sp³-hybridized carbons (Fsp3) is 0.462. The van der Waals surface area contributed by atoms with Crippen molar-refractivity contribution < 1.29 is 22.7 Å². The number of nitrogens with zero attached hydrogens (tertiary/aromatic N) is 1. The zero-order valence-electron chi connectivity index (χ0n) is 11.3. The monoisotopic (exact) mass is 301 g/mol. The lowest BCUT2D eigenvalue weighted by atomic mass is 10.1. The SMILES string of the molecule is Cc1cc(S(=O)(=O)N2CCCC2C)cc(C(=O)O)c1F. The zero-order valence-corrected chi connectivity index (χ0v) is 12.1. The second kappa shape index (κ2) is 5.14. The van der Waals surface area contributed by atoms with Crippen molar-refractivity contribution in [3.8, 4) is 0 Å². The highest BCUT2D eigenvalue weighted by Crippen LogP contribution is 2.28. The summed E-state index contributed by atoms with van der Waals surface area (Å²) < 4.78 is 40.0. The van der Waals surface area contributed by atoms with Gasteiger partial charge in [-0.25, -0.2) is 17.6 Å². The Morgan fingerprint density at radius 1 is 1.45 bits per heavy atom. The van der Waals surface area contributed by atoms with E-state index in [4.69, 9.17) is 5.11 Å². The van der Waals surface area contributed by atoms with Crippen LogP contribution in [-0.2, 0) is 10.0 Å². The van der Waals surface area contributed by atoms with Crippen molar-refractivity contribution >= 4 is 16.0 Å². The van der Waals surface area contributed by atoms with E-state index >= 15 is 0 Å². The first kappa shape index (κ1) is 14.9. The maximum absolute atomic E-state index is 13.7. The molecule has 1 aliphatic rings. The van der Waals surface area contributed by atoms with Crippen LogP contribution in [0.15, 0.2) is 17.0 Å². The van der Waals surface area contributed by atoms with Gasteiger partial charge in [-0.3, -0.25) is 0 Å². The Labute approximate surface area is 117 Å². The second-order valence-corrected chi connectivity index (χ2v) is 6.90. The van der Waals surface area contributed by atoms with Crippen molar-refractivity contribution in [2.75, 3.05) is 6.54 Å². The Hall–Kier alpha value is -1.47. The summed E-state index contributed by atoms with van der Waals surface area (Å²) >= 11 is 0. The number of aryl methyl sites for hydroxylation is 1. The second-order valence-electron chi connectivity index (χ2n) is 5.01. The third kappa shape index (κ3) is 2.43. The van der Waals surface area contributed by atoms with E-state index in [-0.39, 0.29) is 16.5 Å². The van der Waals surface area contributed by atoms with Crippen LogP contribution in [0.3, 0.4) is 0 Å². The first-order chi connectivity index (χ1) is 9.25. The van der Waals surface area contributed by atoms with Gasteiger partial charge in [0.05, 0.1) is 10.5 Å². The number of hydrogen-bond acceptors (Lipinski definition) is 3. The topological polar surface area (TPSA) is 74.7 Å². The molecule has 0 aliphatic carbocycles. The lowest BCUT2D eigenvalue weighted by Gasteiger charge is -2.21. The summed E-state index contributed by atoms with van der Waals surface area (Å²) in [5.74, 6) is -2.37. The normalized spacial score (nSPS) is 20.2. The minimum atomic E-state index is -3.78. The van der Waals surface area contributed by atoms with E-state index in [0.29, 0.717) is 6.54 Å². The molecule has 20 heavy (non-hydrogen) atoms. The zero-order chi connectivity index (χ0) is 15.1. The van der Waals surface area contributed by atoms with E-state index in [2.05, 4.69) is 0 Å². The van der Waals surface area contributed by atoms with Crippen molar-refractivity contribution in [1.29, 1.82) is 0 Å². The van der Waals surface area contributed by atoms with Crippen molar-refractivity contribution in [1.82, 2.24) is 4.31 Å². The predicted molar refractivity (Wildman–Crippen MR) is 70.7 cm³/mol. The van der Waals surface area contributed by atoms with Gasteiger partial charge >= 0.3 is 5.97 Å². The maximum Gasteiger partial charge on any atom is 0.338 e. The Bertz CT molecular complexity index is 657. The fourth-order valence-electron chi connectivity index (χ4n) is 2.44. The molecule has 1 aromatic carbocycles. The molecule has 7 heteroatoms. The van der Waals surface area contributed by atoms with E-state index in [1.807, 2.05) is 0 Å². The molecular formula is C13H16FNO4S. The van der Waals surface area contributed by atoms with Crippen molar-refractivity contribution in [3.05, 3.63) is 29.1 Å². The van der Waals surface area contributed by atoms with Gasteiger partial charge in [-0.05, 0) is 44.4 Å². The van der Waals surface area contributed by atoms with Gasteiger partial charge in [0.1, 0.15) is 5.82 Å². The molecule has 1 aromatic rings. The summed E-state index contributed by atoms with van der Waals surface area (Å²) in [7, 11) is -3.78. The quantitative estimate of drug-likeness (QED) is 0.926. The number of carboxylic acids is 1. The molecule has 0 radical (unpaired) electrons. The van der Waals surface area contributed by atoms with Crippen molar-refractivity contribution in [2.45, 2.75) is 37.6 Å². The van der Waals surface area contributed by atoms with Crippen LogP contribution in [0, 0.1) is 12.7 Å². The first-order valence-corrected chi connectivity index (χ1v) is 7.74. The molecule has 2 rings (SSSR count). The van der Waals surface area contributed by atoms with Gasteiger partial charge in [0.25, 0.3) is 0 Å². The molecular weight excluding hydrogens is 285 g/mol. The molecule has 1 saturated heterocycles. The van der Waals surface area contributed by atoms with Crippen LogP contribution >= 0.6 is 0 Å². The molecule has 0 amide bonds. The molecule has 1 unspecified atom stereocenters. The van der Waals surface area contributed by atoms with E-state index in [1.54, 1.807) is 6.92 Å². The van der Waals surface area contributed by atoms with Crippen LogP contribution < -0.4 is 0 Å². The highest BCUT2D eigenvalue weighted by atomic mass is 32.2. The lowest BCUT2D eigenvalue weighted by molar-refractivity contribution is 0.0691. The Balaban J connectivity index is 2.55. The van der Waals surface area contributed by atoms with Crippen LogP contribution in [0.2, 0.25) is 0 Å². The summed E-state index contributed by atoms with van der Waals surface area (Å²) in [4.78, 5) is 10.8. The number of benzene rings is 1. The number of rotatable bonds is 3. The molecule has 0 aromatic heterocycles. The smallest absolute Gasteiger partial charge is 0.338 e. The van der Waals surface area contributed by atoms with Gasteiger partial charge in [0.2, 0.25) is 10.0 Å². The summed E-state index contributed by atoms with van der Waals surface area (Å²) in [5.41, 5.74) is -0.606. The third-order valence-corrected chi connectivity index (χ3v) is 5.55. The van der Waals surface area contributed by atoms with Gasteiger partial charge in [0.15, 0.2) is 0 Å². The Morgan fingerprint density at radius 2 is 2.10 bits per heavy atom. The predicted octanol–water partition coefficient (Wildman–Crippen LogP) is 2.01. The molecule has 1 aliphatic heterocycles. The highest BCUT2D eigenvalue weighted by molar-refractivity contribution is 7.89.